The first-order chi connectivity index (χ1) is 15.1. The van der Waals surface area contributed by atoms with Crippen molar-refractivity contribution in [2.75, 3.05) is 10.2 Å². The van der Waals surface area contributed by atoms with Gasteiger partial charge in [0.05, 0.1) is 28.9 Å². The van der Waals surface area contributed by atoms with Crippen molar-refractivity contribution in [2.24, 2.45) is 0 Å². The maximum absolute atomic E-state index is 13.4. The molecule has 6 heteroatoms. The third-order valence-electron chi connectivity index (χ3n) is 5.15. The van der Waals surface area contributed by atoms with Gasteiger partial charge in [-0.1, -0.05) is 48.5 Å². The molecule has 1 heterocycles. The number of nitriles is 1. The van der Waals surface area contributed by atoms with Crippen LogP contribution < -0.4 is 15.5 Å². The van der Waals surface area contributed by atoms with Crippen molar-refractivity contribution in [3.05, 3.63) is 107 Å². The van der Waals surface area contributed by atoms with E-state index in [-0.39, 0.29) is 11.9 Å². The Hall–Kier alpha value is -4.37. The minimum absolute atomic E-state index is 0.306. The molecule has 0 aromatic heterocycles. The van der Waals surface area contributed by atoms with Gasteiger partial charge in [0.15, 0.2) is 0 Å². The molecule has 0 saturated carbocycles. The van der Waals surface area contributed by atoms with Gasteiger partial charge in [-0.15, -0.1) is 0 Å². The zero-order valence-electron chi connectivity index (χ0n) is 16.9. The van der Waals surface area contributed by atoms with Gasteiger partial charge in [-0.2, -0.15) is 5.26 Å². The van der Waals surface area contributed by atoms with Gasteiger partial charge in [-0.05, 0) is 48.9 Å². The molecular formula is C25H20N4O2. The summed E-state index contributed by atoms with van der Waals surface area (Å²) in [5.41, 5.74) is 3.52. The van der Waals surface area contributed by atoms with Gasteiger partial charge in [0, 0.05) is 11.4 Å². The summed E-state index contributed by atoms with van der Waals surface area (Å²) in [5, 5.41) is 15.0. The molecular weight excluding hydrogens is 388 g/mol. The Balaban J connectivity index is 1.80. The van der Waals surface area contributed by atoms with Gasteiger partial charge in [-0.3, -0.25) is 9.69 Å². The van der Waals surface area contributed by atoms with Crippen molar-refractivity contribution in [2.45, 2.75) is 13.0 Å². The van der Waals surface area contributed by atoms with Crippen LogP contribution in [0.1, 0.15) is 24.1 Å². The summed E-state index contributed by atoms with van der Waals surface area (Å²) in [4.78, 5) is 27.9. The standard InChI is InChI=1S/C25H20N4O2/c1-17-22(24(30)27-20-8-4-2-5-9-20)23(19-14-12-18(16-26)13-15-19)28-25(31)29(17)21-10-6-3-7-11-21/h2-15,23H,1H3,(H,27,30)(H,28,31)/t23-/m0/s1. The quantitative estimate of drug-likeness (QED) is 0.654. The summed E-state index contributed by atoms with van der Waals surface area (Å²) >= 11 is 0. The smallest absolute Gasteiger partial charge is 0.326 e. The molecule has 6 nitrogen and oxygen atoms in total. The van der Waals surface area contributed by atoms with E-state index in [0.29, 0.717) is 28.2 Å². The molecule has 1 aliphatic rings. The third-order valence-corrected chi connectivity index (χ3v) is 5.15. The molecule has 2 N–H and O–H groups in total. The fourth-order valence-electron chi connectivity index (χ4n) is 3.65. The number of anilines is 2. The van der Waals surface area contributed by atoms with E-state index in [1.807, 2.05) is 48.5 Å². The third kappa shape index (κ3) is 4.02. The average Bonchev–Trinajstić information content (AvgIpc) is 2.80. The minimum atomic E-state index is -0.649. The Morgan fingerprint density at radius 2 is 1.58 bits per heavy atom. The summed E-state index contributed by atoms with van der Waals surface area (Å²) in [6.07, 6.45) is 0. The highest BCUT2D eigenvalue weighted by Crippen LogP contribution is 2.34. The predicted molar refractivity (Wildman–Crippen MR) is 119 cm³/mol. The number of benzene rings is 3. The van der Waals surface area contributed by atoms with E-state index in [1.165, 1.54) is 4.90 Å². The van der Waals surface area contributed by atoms with Crippen molar-refractivity contribution in [3.63, 3.8) is 0 Å². The van der Waals surface area contributed by atoms with E-state index in [9.17, 15) is 9.59 Å². The summed E-state index contributed by atoms with van der Waals surface area (Å²) in [6.45, 7) is 1.77. The molecule has 0 unspecified atom stereocenters. The van der Waals surface area contributed by atoms with Crippen LogP contribution >= 0.6 is 0 Å². The molecule has 4 rings (SSSR count). The number of amides is 3. The van der Waals surface area contributed by atoms with Gasteiger partial charge < -0.3 is 10.6 Å². The molecule has 0 fully saturated rings. The van der Waals surface area contributed by atoms with Crippen LogP contribution in [0.2, 0.25) is 0 Å². The molecule has 0 radical (unpaired) electrons. The first-order valence-electron chi connectivity index (χ1n) is 9.81. The Morgan fingerprint density at radius 1 is 0.968 bits per heavy atom. The van der Waals surface area contributed by atoms with Crippen LogP contribution in [0, 0.1) is 11.3 Å². The van der Waals surface area contributed by atoms with Crippen LogP contribution in [-0.4, -0.2) is 11.9 Å². The lowest BCUT2D eigenvalue weighted by Crippen LogP contribution is -2.48. The van der Waals surface area contributed by atoms with Crippen LogP contribution in [0.5, 0.6) is 0 Å². The normalized spacial score (nSPS) is 15.8. The van der Waals surface area contributed by atoms with Crippen molar-refractivity contribution >= 4 is 23.3 Å². The van der Waals surface area contributed by atoms with Gasteiger partial charge in [0.1, 0.15) is 0 Å². The maximum Gasteiger partial charge on any atom is 0.326 e. The summed E-state index contributed by atoms with van der Waals surface area (Å²) < 4.78 is 0. The number of nitrogens with zero attached hydrogens (tertiary/aromatic N) is 2. The van der Waals surface area contributed by atoms with E-state index >= 15 is 0 Å². The fourth-order valence-corrected chi connectivity index (χ4v) is 3.65. The topological polar surface area (TPSA) is 85.2 Å². The fraction of sp³-hybridized carbons (Fsp3) is 0.0800. The van der Waals surface area contributed by atoms with Crippen molar-refractivity contribution in [1.82, 2.24) is 5.32 Å². The molecule has 0 aliphatic carbocycles. The van der Waals surface area contributed by atoms with Crippen LogP contribution in [0.15, 0.2) is 96.2 Å². The first-order valence-corrected chi connectivity index (χ1v) is 9.81. The molecule has 1 aliphatic heterocycles. The number of rotatable bonds is 4. The lowest BCUT2D eigenvalue weighted by molar-refractivity contribution is -0.113. The summed E-state index contributed by atoms with van der Waals surface area (Å²) in [6, 6.07) is 26.3. The van der Waals surface area contributed by atoms with Gasteiger partial charge in [0.2, 0.25) is 0 Å². The number of carbonyl (C=O) groups is 2. The van der Waals surface area contributed by atoms with Crippen LogP contribution in [0.4, 0.5) is 16.2 Å². The van der Waals surface area contributed by atoms with Crippen LogP contribution in [0.3, 0.4) is 0 Å². The minimum Gasteiger partial charge on any atom is -0.326 e. The summed E-state index contributed by atoms with van der Waals surface area (Å²) in [5.74, 6) is -0.306. The van der Waals surface area contributed by atoms with Gasteiger partial charge >= 0.3 is 6.03 Å². The zero-order chi connectivity index (χ0) is 21.8. The Morgan fingerprint density at radius 3 is 2.19 bits per heavy atom. The van der Waals surface area contributed by atoms with Gasteiger partial charge in [-0.25, -0.2) is 4.79 Å². The number of nitrogens with one attached hydrogen (secondary N) is 2. The van der Waals surface area contributed by atoms with Crippen LogP contribution in [0.25, 0.3) is 0 Å². The monoisotopic (exact) mass is 408 g/mol. The predicted octanol–water partition coefficient (Wildman–Crippen LogP) is 4.74. The van der Waals surface area contributed by atoms with Crippen molar-refractivity contribution in [3.8, 4) is 6.07 Å². The van der Waals surface area contributed by atoms with E-state index < -0.39 is 6.04 Å². The van der Waals surface area contributed by atoms with E-state index in [0.717, 1.165) is 5.56 Å². The maximum atomic E-state index is 13.4. The number of para-hydroxylation sites is 2. The second-order valence-electron chi connectivity index (χ2n) is 7.11. The SMILES string of the molecule is CC1=C(C(=O)Nc2ccccc2)[C@H](c2ccc(C#N)cc2)NC(=O)N1c1ccccc1. The molecule has 31 heavy (non-hydrogen) atoms. The number of allylic oxidation sites excluding steroid dienone is 1. The molecule has 0 spiro atoms. The highest BCUT2D eigenvalue weighted by molar-refractivity contribution is 6.09. The Labute approximate surface area is 180 Å². The lowest BCUT2D eigenvalue weighted by atomic mass is 9.93. The molecule has 3 aromatic rings. The Kier molecular flexibility index (Phi) is 5.50. The number of hydrogen-bond donors (Lipinski definition) is 2. The summed E-state index contributed by atoms with van der Waals surface area (Å²) in [7, 11) is 0. The second kappa shape index (κ2) is 8.56. The van der Waals surface area contributed by atoms with E-state index in [4.69, 9.17) is 5.26 Å². The molecule has 0 saturated heterocycles. The van der Waals surface area contributed by atoms with Gasteiger partial charge in [0.25, 0.3) is 5.91 Å². The molecule has 3 aromatic carbocycles. The molecule has 3 amide bonds. The van der Waals surface area contributed by atoms with E-state index in [1.54, 1.807) is 43.3 Å². The van der Waals surface area contributed by atoms with Crippen molar-refractivity contribution < 1.29 is 9.59 Å². The number of hydrogen-bond acceptors (Lipinski definition) is 3. The number of carbonyl (C=O) groups excluding carboxylic acids is 2. The highest BCUT2D eigenvalue weighted by Gasteiger charge is 2.36. The first kappa shape index (κ1) is 19.9. The Bertz CT molecular complexity index is 1180. The van der Waals surface area contributed by atoms with Crippen LogP contribution in [-0.2, 0) is 4.79 Å². The van der Waals surface area contributed by atoms with Crippen molar-refractivity contribution in [1.29, 1.82) is 5.26 Å². The average molecular weight is 408 g/mol. The molecule has 1 atom stereocenters. The highest BCUT2D eigenvalue weighted by atomic mass is 16.2. The second-order valence-corrected chi connectivity index (χ2v) is 7.11. The van der Waals surface area contributed by atoms with E-state index in [2.05, 4.69) is 16.7 Å². The molecule has 0 bridgehead atoms. The zero-order valence-corrected chi connectivity index (χ0v) is 16.9. The molecule has 152 valence electrons. The lowest BCUT2D eigenvalue weighted by Gasteiger charge is -2.35. The number of urea groups is 1. The largest absolute Gasteiger partial charge is 0.326 e.